The first-order chi connectivity index (χ1) is 10.7. The van der Waals surface area contributed by atoms with Crippen molar-refractivity contribution in [2.75, 3.05) is 13.3 Å². The molecule has 0 saturated heterocycles. The molecule has 0 atom stereocenters. The van der Waals surface area contributed by atoms with Crippen LogP contribution in [0.2, 0.25) is 5.02 Å². The Labute approximate surface area is 139 Å². The van der Waals surface area contributed by atoms with Crippen LogP contribution < -0.4 is 20.1 Å². The third-order valence-corrected chi connectivity index (χ3v) is 3.10. The Morgan fingerprint density at radius 2 is 2.04 bits per heavy atom. The van der Waals surface area contributed by atoms with E-state index < -0.39 is 0 Å². The molecule has 0 aliphatic carbocycles. The quantitative estimate of drug-likeness (QED) is 0.824. The number of hydrogen-bond donors (Lipinski definition) is 2. The summed E-state index contributed by atoms with van der Waals surface area (Å²) in [7, 11) is 0. The third kappa shape index (κ3) is 5.17. The van der Waals surface area contributed by atoms with E-state index in [0.717, 1.165) is 0 Å². The van der Waals surface area contributed by atoms with Gasteiger partial charge < -0.3 is 20.1 Å². The van der Waals surface area contributed by atoms with Crippen molar-refractivity contribution in [3.05, 3.63) is 28.8 Å². The molecule has 1 aliphatic heterocycles. The molecular weight excluding hydrogens is 320 g/mol. The number of amides is 2. The van der Waals surface area contributed by atoms with Gasteiger partial charge in [0.05, 0.1) is 11.6 Å². The largest absolute Gasteiger partial charge is 0.454 e. The summed E-state index contributed by atoms with van der Waals surface area (Å²) in [5.74, 6) is 0.433. The van der Waals surface area contributed by atoms with E-state index in [1.54, 1.807) is 18.2 Å². The van der Waals surface area contributed by atoms with Crippen LogP contribution in [-0.2, 0) is 9.59 Å². The van der Waals surface area contributed by atoms with E-state index in [9.17, 15) is 9.59 Å². The van der Waals surface area contributed by atoms with Crippen LogP contribution in [0.15, 0.2) is 18.2 Å². The number of ether oxygens (including phenoxy) is 2. The molecule has 1 aromatic carbocycles. The molecule has 1 aromatic rings. The Bertz CT molecular complexity index is 650. The van der Waals surface area contributed by atoms with Gasteiger partial charge in [-0.15, -0.1) is 0 Å². The van der Waals surface area contributed by atoms with Gasteiger partial charge in [-0.3, -0.25) is 9.59 Å². The van der Waals surface area contributed by atoms with Gasteiger partial charge >= 0.3 is 0 Å². The highest BCUT2D eigenvalue weighted by molar-refractivity contribution is 6.32. The van der Waals surface area contributed by atoms with Gasteiger partial charge in [-0.25, -0.2) is 0 Å². The summed E-state index contributed by atoms with van der Waals surface area (Å²) in [6.45, 7) is 5.66. The molecule has 0 spiro atoms. The average molecular weight is 339 g/mol. The summed E-state index contributed by atoms with van der Waals surface area (Å²) in [5, 5.41) is 5.69. The molecule has 1 heterocycles. The Kier molecular flexibility index (Phi) is 5.15. The van der Waals surface area contributed by atoms with Crippen LogP contribution >= 0.6 is 11.6 Å². The standard InChI is InChI=1S/C16H19ClN2O4/c1-16(2,3)19-14(21)8-18-13(20)5-4-10-6-11(17)15-12(7-10)22-9-23-15/h4-7H,8-9H2,1-3H3,(H,18,20)(H,19,21). The summed E-state index contributed by atoms with van der Waals surface area (Å²) in [6, 6.07) is 3.40. The Hall–Kier alpha value is -2.21. The zero-order chi connectivity index (χ0) is 17.0. The van der Waals surface area contributed by atoms with Crippen molar-refractivity contribution in [3.63, 3.8) is 0 Å². The lowest BCUT2D eigenvalue weighted by atomic mass is 10.1. The molecule has 7 heteroatoms. The van der Waals surface area contributed by atoms with Gasteiger partial charge in [0.25, 0.3) is 0 Å². The molecule has 0 radical (unpaired) electrons. The lowest BCUT2D eigenvalue weighted by molar-refractivity contribution is -0.124. The maximum Gasteiger partial charge on any atom is 0.244 e. The van der Waals surface area contributed by atoms with Crippen molar-refractivity contribution in [3.8, 4) is 11.5 Å². The van der Waals surface area contributed by atoms with Crippen molar-refractivity contribution >= 4 is 29.5 Å². The minimum absolute atomic E-state index is 0.0810. The van der Waals surface area contributed by atoms with Crippen LogP contribution in [0.5, 0.6) is 11.5 Å². The average Bonchev–Trinajstić information content (AvgIpc) is 2.90. The fraction of sp³-hybridized carbons (Fsp3) is 0.375. The van der Waals surface area contributed by atoms with Gasteiger partial charge in [-0.05, 0) is 44.5 Å². The summed E-state index contributed by atoms with van der Waals surface area (Å²) >= 11 is 6.06. The Morgan fingerprint density at radius 1 is 1.30 bits per heavy atom. The maximum atomic E-state index is 11.7. The fourth-order valence-electron chi connectivity index (χ4n) is 1.94. The molecule has 2 amide bonds. The molecule has 0 fully saturated rings. The first-order valence-electron chi connectivity index (χ1n) is 7.11. The zero-order valence-electron chi connectivity index (χ0n) is 13.2. The van der Waals surface area contributed by atoms with E-state index >= 15 is 0 Å². The van der Waals surface area contributed by atoms with Crippen LogP contribution in [0.4, 0.5) is 0 Å². The highest BCUT2D eigenvalue weighted by atomic mass is 35.5. The zero-order valence-corrected chi connectivity index (χ0v) is 14.0. The molecule has 2 rings (SSSR count). The summed E-state index contributed by atoms with van der Waals surface area (Å²) < 4.78 is 10.5. The van der Waals surface area contributed by atoms with E-state index in [4.69, 9.17) is 21.1 Å². The Balaban J connectivity index is 1.89. The van der Waals surface area contributed by atoms with Gasteiger partial charge in [-0.2, -0.15) is 0 Å². The summed E-state index contributed by atoms with van der Waals surface area (Å²) in [6.07, 6.45) is 2.92. The molecule has 6 nitrogen and oxygen atoms in total. The highest BCUT2D eigenvalue weighted by Crippen LogP contribution is 2.39. The first kappa shape index (κ1) is 17.1. The molecule has 0 saturated carbocycles. The molecule has 0 bridgehead atoms. The monoisotopic (exact) mass is 338 g/mol. The Morgan fingerprint density at radius 3 is 2.74 bits per heavy atom. The number of hydrogen-bond acceptors (Lipinski definition) is 4. The van der Waals surface area contributed by atoms with Gasteiger partial charge in [0.2, 0.25) is 18.6 Å². The predicted molar refractivity (Wildman–Crippen MR) is 87.5 cm³/mol. The lowest BCUT2D eigenvalue weighted by Gasteiger charge is -2.20. The number of rotatable bonds is 4. The molecule has 0 unspecified atom stereocenters. The normalized spacial score (nSPS) is 13.2. The second-order valence-electron chi connectivity index (χ2n) is 6.09. The van der Waals surface area contributed by atoms with E-state index in [-0.39, 0.29) is 30.7 Å². The number of benzene rings is 1. The van der Waals surface area contributed by atoms with Crippen molar-refractivity contribution in [2.45, 2.75) is 26.3 Å². The molecule has 0 aromatic heterocycles. The first-order valence-corrected chi connectivity index (χ1v) is 7.48. The summed E-state index contributed by atoms with van der Waals surface area (Å²) in [4.78, 5) is 23.4. The smallest absolute Gasteiger partial charge is 0.244 e. The van der Waals surface area contributed by atoms with Gasteiger partial charge in [0, 0.05) is 11.6 Å². The minimum atomic E-state index is -0.372. The topological polar surface area (TPSA) is 76.7 Å². The van der Waals surface area contributed by atoms with Crippen LogP contribution in [0.25, 0.3) is 6.08 Å². The van der Waals surface area contributed by atoms with Gasteiger partial charge in [-0.1, -0.05) is 11.6 Å². The SMILES string of the molecule is CC(C)(C)NC(=O)CNC(=O)C=Cc1cc(Cl)c2c(c1)OCO2. The van der Waals surface area contributed by atoms with Gasteiger partial charge in [0.1, 0.15) is 0 Å². The van der Waals surface area contributed by atoms with Gasteiger partial charge in [0.15, 0.2) is 11.5 Å². The van der Waals surface area contributed by atoms with Crippen molar-refractivity contribution in [1.29, 1.82) is 0 Å². The number of carbonyl (C=O) groups excluding carboxylic acids is 2. The van der Waals surface area contributed by atoms with E-state index in [0.29, 0.717) is 22.1 Å². The molecule has 124 valence electrons. The summed E-state index contributed by atoms with van der Waals surface area (Å²) in [5.41, 5.74) is 0.370. The van der Waals surface area contributed by atoms with E-state index in [1.165, 1.54) is 6.08 Å². The predicted octanol–water partition coefficient (Wildman–Crippen LogP) is 2.11. The molecule has 23 heavy (non-hydrogen) atoms. The molecule has 2 N–H and O–H groups in total. The maximum absolute atomic E-state index is 11.7. The molecular formula is C16H19ClN2O4. The van der Waals surface area contributed by atoms with Crippen LogP contribution in [0.1, 0.15) is 26.3 Å². The van der Waals surface area contributed by atoms with Crippen molar-refractivity contribution in [2.24, 2.45) is 0 Å². The number of nitrogens with one attached hydrogen (secondary N) is 2. The van der Waals surface area contributed by atoms with E-state index in [1.807, 2.05) is 20.8 Å². The highest BCUT2D eigenvalue weighted by Gasteiger charge is 2.17. The second kappa shape index (κ2) is 6.91. The van der Waals surface area contributed by atoms with Crippen LogP contribution in [-0.4, -0.2) is 30.7 Å². The van der Waals surface area contributed by atoms with Crippen molar-refractivity contribution in [1.82, 2.24) is 10.6 Å². The lowest BCUT2D eigenvalue weighted by Crippen LogP contribution is -2.45. The minimum Gasteiger partial charge on any atom is -0.454 e. The molecule has 1 aliphatic rings. The number of carbonyl (C=O) groups is 2. The van der Waals surface area contributed by atoms with E-state index in [2.05, 4.69) is 10.6 Å². The van der Waals surface area contributed by atoms with Crippen LogP contribution in [0.3, 0.4) is 0 Å². The van der Waals surface area contributed by atoms with Crippen LogP contribution in [0, 0.1) is 0 Å². The number of fused-ring (bicyclic) bond motifs is 1. The fourth-order valence-corrected chi connectivity index (χ4v) is 2.22. The second-order valence-corrected chi connectivity index (χ2v) is 6.49. The van der Waals surface area contributed by atoms with Crippen molar-refractivity contribution < 1.29 is 19.1 Å². The number of halogens is 1. The third-order valence-electron chi connectivity index (χ3n) is 2.81.